The molecule has 1 saturated heterocycles. The van der Waals surface area contributed by atoms with Gasteiger partial charge < -0.3 is 10.2 Å². The minimum absolute atomic E-state index is 0.161. The summed E-state index contributed by atoms with van der Waals surface area (Å²) in [6.45, 7) is 0.161. The summed E-state index contributed by atoms with van der Waals surface area (Å²) in [5.74, 6) is -1.11. The summed E-state index contributed by atoms with van der Waals surface area (Å²) in [6, 6.07) is 0.540. The van der Waals surface area contributed by atoms with Crippen LogP contribution in [0, 0.1) is 0 Å². The van der Waals surface area contributed by atoms with E-state index in [1.807, 2.05) is 0 Å². The molecule has 0 saturated carbocycles. The van der Waals surface area contributed by atoms with E-state index >= 15 is 0 Å². The maximum absolute atomic E-state index is 10.9. The quantitative estimate of drug-likeness (QED) is 0.752. The fraction of sp³-hybridized carbons (Fsp3) is 0.444. The average Bonchev–Trinajstić information content (AvgIpc) is 2.86. The third kappa shape index (κ3) is 1.71. The second-order valence-corrected chi connectivity index (χ2v) is 3.66. The highest BCUT2D eigenvalue weighted by atomic mass is 16.4. The zero-order valence-electron chi connectivity index (χ0n) is 8.35. The molecule has 86 valence electrons. The Labute approximate surface area is 90.9 Å². The van der Waals surface area contributed by atoms with Crippen LogP contribution >= 0.6 is 0 Å². The van der Waals surface area contributed by atoms with Gasteiger partial charge >= 0.3 is 12.1 Å². The van der Waals surface area contributed by atoms with Gasteiger partial charge in [0.2, 0.25) is 0 Å². The first kappa shape index (κ1) is 10.5. The van der Waals surface area contributed by atoms with Gasteiger partial charge in [-0.3, -0.25) is 9.58 Å². The van der Waals surface area contributed by atoms with Crippen LogP contribution in [0.2, 0.25) is 0 Å². The fourth-order valence-corrected chi connectivity index (χ4v) is 1.95. The Bertz CT molecular complexity index is 381. The normalized spacial score (nSPS) is 24.6. The first-order valence-electron chi connectivity index (χ1n) is 4.81. The molecule has 0 spiro atoms. The van der Waals surface area contributed by atoms with Crippen LogP contribution in [-0.4, -0.2) is 49.5 Å². The number of carboxylic acids is 1. The number of hydrogen-bond acceptors (Lipinski definition) is 3. The van der Waals surface area contributed by atoms with Gasteiger partial charge in [-0.15, -0.1) is 0 Å². The molecule has 2 N–H and O–H groups in total. The van der Waals surface area contributed by atoms with Gasteiger partial charge in [-0.2, -0.15) is 5.10 Å². The zero-order valence-corrected chi connectivity index (χ0v) is 8.35. The van der Waals surface area contributed by atoms with E-state index in [0.29, 0.717) is 0 Å². The van der Waals surface area contributed by atoms with E-state index in [1.165, 1.54) is 0 Å². The first-order chi connectivity index (χ1) is 7.59. The van der Waals surface area contributed by atoms with Gasteiger partial charge in [-0.05, 0) is 6.07 Å². The van der Waals surface area contributed by atoms with Crippen molar-refractivity contribution in [3.05, 3.63) is 18.5 Å². The van der Waals surface area contributed by atoms with Crippen molar-refractivity contribution in [2.45, 2.75) is 18.5 Å². The molecule has 16 heavy (non-hydrogen) atoms. The topological polar surface area (TPSA) is 95.7 Å². The molecule has 0 bridgehead atoms. The number of aromatic nitrogens is 2. The third-order valence-electron chi connectivity index (χ3n) is 2.71. The zero-order chi connectivity index (χ0) is 11.7. The highest BCUT2D eigenvalue weighted by molar-refractivity contribution is 5.80. The molecule has 1 aliphatic heterocycles. The minimum Gasteiger partial charge on any atom is -0.480 e. The molecule has 1 amide bonds. The van der Waals surface area contributed by atoms with Crippen molar-refractivity contribution in [1.82, 2.24) is 14.7 Å². The molecule has 0 radical (unpaired) electrons. The first-order valence-corrected chi connectivity index (χ1v) is 4.81. The molecule has 0 aliphatic carbocycles. The number of hydrogen-bond donors (Lipinski definition) is 2. The Balaban J connectivity index is 2.18. The molecule has 1 aliphatic rings. The van der Waals surface area contributed by atoms with Gasteiger partial charge in [0.15, 0.2) is 0 Å². The van der Waals surface area contributed by atoms with Crippen LogP contribution in [0.3, 0.4) is 0 Å². The number of rotatable bonds is 2. The van der Waals surface area contributed by atoms with E-state index in [4.69, 9.17) is 10.2 Å². The Kier molecular flexibility index (Phi) is 2.51. The molecule has 7 heteroatoms. The lowest BCUT2D eigenvalue weighted by Gasteiger charge is -2.16. The van der Waals surface area contributed by atoms with Crippen molar-refractivity contribution in [1.29, 1.82) is 0 Å². The molecule has 2 atom stereocenters. The van der Waals surface area contributed by atoms with Crippen LogP contribution in [0.1, 0.15) is 12.5 Å². The van der Waals surface area contributed by atoms with Gasteiger partial charge in [0, 0.05) is 25.4 Å². The monoisotopic (exact) mass is 225 g/mol. The Morgan fingerprint density at radius 2 is 2.12 bits per heavy atom. The van der Waals surface area contributed by atoms with Gasteiger partial charge in [0.1, 0.15) is 6.04 Å². The standard InChI is InChI=1S/C9H11N3O4/c13-8(14)7-4-6(5-11(7)9(15)16)12-3-1-2-10-12/h1-3,6-7H,4-5H2,(H,13,14)(H,15,16)/t6?,7-/m0/s1. The summed E-state index contributed by atoms with van der Waals surface area (Å²) in [7, 11) is 0. The van der Waals surface area contributed by atoms with Crippen LogP contribution in [-0.2, 0) is 4.79 Å². The van der Waals surface area contributed by atoms with E-state index in [9.17, 15) is 9.59 Å². The van der Waals surface area contributed by atoms with Crippen LogP contribution < -0.4 is 0 Å². The predicted octanol–water partition coefficient (Wildman–Crippen LogP) is 0.261. The molecule has 1 aromatic heterocycles. The molecule has 1 fully saturated rings. The summed E-state index contributed by atoms with van der Waals surface area (Å²) >= 11 is 0. The third-order valence-corrected chi connectivity index (χ3v) is 2.71. The van der Waals surface area contributed by atoms with Gasteiger partial charge in [-0.25, -0.2) is 9.59 Å². The second-order valence-electron chi connectivity index (χ2n) is 3.66. The van der Waals surface area contributed by atoms with Crippen molar-refractivity contribution in [2.75, 3.05) is 6.54 Å². The fourth-order valence-electron chi connectivity index (χ4n) is 1.95. The number of carbonyl (C=O) groups is 2. The predicted molar refractivity (Wildman–Crippen MR) is 52.0 cm³/mol. The maximum atomic E-state index is 10.9. The van der Waals surface area contributed by atoms with E-state index in [2.05, 4.69) is 5.10 Å². The van der Waals surface area contributed by atoms with Crippen molar-refractivity contribution in [3.63, 3.8) is 0 Å². The van der Waals surface area contributed by atoms with E-state index in [1.54, 1.807) is 23.1 Å². The number of aliphatic carboxylic acids is 1. The summed E-state index contributed by atoms with van der Waals surface area (Å²) in [5.41, 5.74) is 0. The van der Waals surface area contributed by atoms with Gasteiger partial charge in [0.05, 0.1) is 6.04 Å². The van der Waals surface area contributed by atoms with Crippen LogP contribution in [0.15, 0.2) is 18.5 Å². The van der Waals surface area contributed by atoms with Crippen molar-refractivity contribution in [3.8, 4) is 0 Å². The highest BCUT2D eigenvalue weighted by Crippen LogP contribution is 2.26. The van der Waals surface area contributed by atoms with Crippen LogP contribution in [0.25, 0.3) is 0 Å². The van der Waals surface area contributed by atoms with E-state index < -0.39 is 18.1 Å². The number of amides is 1. The minimum atomic E-state index is -1.21. The Hall–Kier alpha value is -2.05. The number of likely N-dealkylation sites (tertiary alicyclic amines) is 1. The summed E-state index contributed by atoms with van der Waals surface area (Å²) in [5, 5.41) is 21.8. The van der Waals surface area contributed by atoms with Crippen molar-refractivity contribution in [2.24, 2.45) is 0 Å². The van der Waals surface area contributed by atoms with Crippen molar-refractivity contribution < 1.29 is 19.8 Å². The number of carboxylic acid groups (broad SMARTS) is 2. The summed E-state index contributed by atoms with van der Waals surface area (Å²) in [4.78, 5) is 22.7. The van der Waals surface area contributed by atoms with Crippen LogP contribution in [0.5, 0.6) is 0 Å². The van der Waals surface area contributed by atoms with Crippen LogP contribution in [0.4, 0.5) is 4.79 Å². The second kappa shape index (κ2) is 3.84. The molecule has 0 aromatic carbocycles. The molecular weight excluding hydrogens is 214 g/mol. The van der Waals surface area contributed by atoms with Gasteiger partial charge in [0.25, 0.3) is 0 Å². The largest absolute Gasteiger partial charge is 0.480 e. The SMILES string of the molecule is O=C(O)[C@@H]1CC(n2cccn2)CN1C(=O)O. The van der Waals surface area contributed by atoms with Crippen molar-refractivity contribution >= 4 is 12.1 Å². The average molecular weight is 225 g/mol. The molecule has 1 unspecified atom stereocenters. The lowest BCUT2D eigenvalue weighted by atomic mass is 10.2. The smallest absolute Gasteiger partial charge is 0.408 e. The molecule has 2 heterocycles. The lowest BCUT2D eigenvalue weighted by Crippen LogP contribution is -2.39. The number of nitrogens with zero attached hydrogens (tertiary/aromatic N) is 3. The summed E-state index contributed by atoms with van der Waals surface area (Å²) < 4.78 is 1.60. The van der Waals surface area contributed by atoms with E-state index in [0.717, 1.165) is 4.90 Å². The molecule has 2 rings (SSSR count). The highest BCUT2D eigenvalue weighted by Gasteiger charge is 2.40. The Morgan fingerprint density at radius 1 is 1.38 bits per heavy atom. The Morgan fingerprint density at radius 3 is 2.56 bits per heavy atom. The molecular formula is C9H11N3O4. The van der Waals surface area contributed by atoms with Gasteiger partial charge in [-0.1, -0.05) is 0 Å². The maximum Gasteiger partial charge on any atom is 0.408 e. The molecule has 7 nitrogen and oxygen atoms in total. The summed E-state index contributed by atoms with van der Waals surface area (Å²) in [6.07, 6.45) is 2.33. The van der Waals surface area contributed by atoms with E-state index in [-0.39, 0.29) is 19.0 Å². The molecule has 1 aromatic rings. The lowest BCUT2D eigenvalue weighted by molar-refractivity contribution is -0.141.